The first-order chi connectivity index (χ1) is 9.60. The molecule has 1 fully saturated rings. The molecule has 0 aliphatic carbocycles. The van der Waals surface area contributed by atoms with Crippen LogP contribution < -0.4 is 5.73 Å². The van der Waals surface area contributed by atoms with Gasteiger partial charge in [0.25, 0.3) is 0 Å². The van der Waals surface area contributed by atoms with Crippen LogP contribution in [0.1, 0.15) is 19.8 Å². The first-order valence-corrected chi connectivity index (χ1v) is 7.31. The monoisotopic (exact) mass is 337 g/mol. The lowest BCUT2D eigenvalue weighted by atomic mass is 9.94. The lowest BCUT2D eigenvalue weighted by Gasteiger charge is -2.33. The minimum absolute atomic E-state index is 0.221. The van der Waals surface area contributed by atoms with Crippen molar-refractivity contribution in [2.24, 2.45) is 0 Å². The molecule has 2 N–H and O–H groups in total. The maximum absolute atomic E-state index is 5.87. The minimum atomic E-state index is -0.221. The standard InChI is InChI=1S/C13H16BrN5O/c1-13(5-2-6-20-8-13)19-12(16-17-18-19)10-7-9(15)3-4-11(10)14/h3-4,7H,2,5-6,8,15H2,1H3. The predicted molar refractivity (Wildman–Crippen MR) is 79.1 cm³/mol. The van der Waals surface area contributed by atoms with E-state index in [4.69, 9.17) is 10.5 Å². The molecule has 0 amide bonds. The average Bonchev–Trinajstić information content (AvgIpc) is 2.92. The van der Waals surface area contributed by atoms with E-state index in [0.717, 1.165) is 29.5 Å². The van der Waals surface area contributed by atoms with Gasteiger partial charge in [-0.25, -0.2) is 4.68 Å². The molecule has 2 aromatic rings. The molecule has 1 aromatic carbocycles. The Labute approximate surface area is 125 Å². The van der Waals surface area contributed by atoms with E-state index in [0.29, 0.717) is 18.1 Å². The lowest BCUT2D eigenvalue weighted by molar-refractivity contribution is 0.00347. The molecular formula is C13H16BrN5O. The molecule has 1 unspecified atom stereocenters. The summed E-state index contributed by atoms with van der Waals surface area (Å²) in [7, 11) is 0. The molecule has 0 spiro atoms. The summed E-state index contributed by atoms with van der Waals surface area (Å²) in [5, 5.41) is 12.2. The second-order valence-corrected chi connectivity index (χ2v) is 6.16. The Kier molecular flexibility index (Phi) is 3.47. The van der Waals surface area contributed by atoms with Crippen LogP contribution in [-0.2, 0) is 10.3 Å². The molecular weight excluding hydrogens is 322 g/mol. The van der Waals surface area contributed by atoms with Gasteiger partial charge in [-0.15, -0.1) is 5.10 Å². The van der Waals surface area contributed by atoms with E-state index in [1.807, 2.05) is 22.9 Å². The van der Waals surface area contributed by atoms with Crippen LogP contribution in [0.4, 0.5) is 5.69 Å². The number of anilines is 1. The van der Waals surface area contributed by atoms with Crippen molar-refractivity contribution in [3.8, 4) is 11.4 Å². The maximum atomic E-state index is 5.87. The van der Waals surface area contributed by atoms with Gasteiger partial charge in [-0.05, 0) is 48.4 Å². The summed E-state index contributed by atoms with van der Waals surface area (Å²) in [6.07, 6.45) is 2.00. The molecule has 0 saturated carbocycles. The molecule has 1 aliphatic heterocycles. The van der Waals surface area contributed by atoms with Crippen LogP contribution in [-0.4, -0.2) is 33.4 Å². The van der Waals surface area contributed by atoms with Crippen molar-refractivity contribution in [1.29, 1.82) is 0 Å². The molecule has 0 bridgehead atoms. The zero-order chi connectivity index (χ0) is 14.2. The fraction of sp³-hybridized carbons (Fsp3) is 0.462. The Morgan fingerprint density at radius 3 is 3.05 bits per heavy atom. The number of nitrogens with zero attached hydrogens (tertiary/aromatic N) is 4. The predicted octanol–water partition coefficient (Wildman–Crippen LogP) is 2.21. The topological polar surface area (TPSA) is 78.9 Å². The van der Waals surface area contributed by atoms with Gasteiger partial charge in [0.05, 0.1) is 12.1 Å². The highest BCUT2D eigenvalue weighted by Crippen LogP contribution is 2.33. The van der Waals surface area contributed by atoms with E-state index >= 15 is 0 Å². The maximum Gasteiger partial charge on any atom is 0.183 e. The van der Waals surface area contributed by atoms with Crippen molar-refractivity contribution >= 4 is 21.6 Å². The van der Waals surface area contributed by atoms with E-state index in [-0.39, 0.29) is 5.54 Å². The quantitative estimate of drug-likeness (QED) is 0.850. The molecule has 1 atom stereocenters. The van der Waals surface area contributed by atoms with Gasteiger partial charge >= 0.3 is 0 Å². The van der Waals surface area contributed by atoms with E-state index in [2.05, 4.69) is 38.4 Å². The first-order valence-electron chi connectivity index (χ1n) is 6.52. The number of ether oxygens (including phenoxy) is 1. The van der Waals surface area contributed by atoms with Crippen LogP contribution >= 0.6 is 15.9 Å². The smallest absolute Gasteiger partial charge is 0.183 e. The first kappa shape index (κ1) is 13.5. The molecule has 7 heteroatoms. The van der Waals surface area contributed by atoms with Gasteiger partial charge in [-0.1, -0.05) is 15.9 Å². The van der Waals surface area contributed by atoms with Crippen molar-refractivity contribution in [3.05, 3.63) is 22.7 Å². The highest BCUT2D eigenvalue weighted by atomic mass is 79.9. The number of tetrazole rings is 1. The van der Waals surface area contributed by atoms with Crippen LogP contribution in [0.15, 0.2) is 22.7 Å². The van der Waals surface area contributed by atoms with E-state index in [1.165, 1.54) is 0 Å². The summed E-state index contributed by atoms with van der Waals surface area (Å²) in [5.74, 6) is 0.706. The third-order valence-electron chi connectivity index (χ3n) is 3.63. The molecule has 1 aromatic heterocycles. The number of nitrogen functional groups attached to an aromatic ring is 1. The van der Waals surface area contributed by atoms with E-state index in [9.17, 15) is 0 Å². The molecule has 6 nitrogen and oxygen atoms in total. The number of hydrogen-bond acceptors (Lipinski definition) is 5. The third kappa shape index (κ3) is 2.31. The second kappa shape index (κ2) is 5.14. The third-order valence-corrected chi connectivity index (χ3v) is 4.32. The normalized spacial score (nSPS) is 22.9. The summed E-state index contributed by atoms with van der Waals surface area (Å²) >= 11 is 3.53. The Morgan fingerprint density at radius 2 is 2.30 bits per heavy atom. The van der Waals surface area contributed by atoms with Crippen molar-refractivity contribution in [1.82, 2.24) is 20.2 Å². The Balaban J connectivity index is 2.08. The van der Waals surface area contributed by atoms with Crippen molar-refractivity contribution in [3.63, 3.8) is 0 Å². The average molecular weight is 338 g/mol. The minimum Gasteiger partial charge on any atom is -0.399 e. The highest BCUT2D eigenvalue weighted by molar-refractivity contribution is 9.10. The van der Waals surface area contributed by atoms with Crippen molar-refractivity contribution in [2.75, 3.05) is 18.9 Å². The molecule has 20 heavy (non-hydrogen) atoms. The highest BCUT2D eigenvalue weighted by Gasteiger charge is 2.34. The molecule has 0 radical (unpaired) electrons. The second-order valence-electron chi connectivity index (χ2n) is 5.31. The Hall–Kier alpha value is -1.47. The zero-order valence-corrected chi connectivity index (χ0v) is 12.8. The SMILES string of the molecule is CC1(n2nnnc2-c2cc(N)ccc2Br)CCCOC1. The Morgan fingerprint density at radius 1 is 1.45 bits per heavy atom. The summed E-state index contributed by atoms with van der Waals surface area (Å²) in [6.45, 7) is 3.53. The van der Waals surface area contributed by atoms with Crippen LogP contribution in [0, 0.1) is 0 Å². The summed E-state index contributed by atoms with van der Waals surface area (Å²) in [6, 6.07) is 5.62. The van der Waals surface area contributed by atoms with Gasteiger partial charge in [0.15, 0.2) is 5.82 Å². The summed E-state index contributed by atoms with van der Waals surface area (Å²) in [4.78, 5) is 0. The molecule has 106 valence electrons. The molecule has 1 saturated heterocycles. The fourth-order valence-electron chi connectivity index (χ4n) is 2.52. The number of nitrogens with two attached hydrogens (primary N) is 1. The summed E-state index contributed by atoms with van der Waals surface area (Å²) < 4.78 is 8.37. The number of hydrogen-bond donors (Lipinski definition) is 1. The van der Waals surface area contributed by atoms with Crippen molar-refractivity contribution in [2.45, 2.75) is 25.3 Å². The summed E-state index contributed by atoms with van der Waals surface area (Å²) in [5.41, 5.74) is 7.22. The largest absolute Gasteiger partial charge is 0.399 e. The van der Waals surface area contributed by atoms with E-state index in [1.54, 1.807) is 0 Å². The number of aromatic nitrogens is 4. The fourth-order valence-corrected chi connectivity index (χ4v) is 2.94. The van der Waals surface area contributed by atoms with Gasteiger partial charge in [-0.2, -0.15) is 0 Å². The molecule has 3 rings (SSSR count). The number of rotatable bonds is 2. The van der Waals surface area contributed by atoms with Crippen LogP contribution in [0.25, 0.3) is 11.4 Å². The molecule has 2 heterocycles. The lowest BCUT2D eigenvalue weighted by Crippen LogP contribution is -2.40. The number of benzene rings is 1. The number of halogens is 1. The van der Waals surface area contributed by atoms with Crippen LogP contribution in [0.2, 0.25) is 0 Å². The van der Waals surface area contributed by atoms with Gasteiger partial charge in [0.2, 0.25) is 0 Å². The zero-order valence-electron chi connectivity index (χ0n) is 11.2. The van der Waals surface area contributed by atoms with Gasteiger partial charge in [0.1, 0.15) is 0 Å². The van der Waals surface area contributed by atoms with Crippen LogP contribution in [0.5, 0.6) is 0 Å². The van der Waals surface area contributed by atoms with Gasteiger partial charge in [-0.3, -0.25) is 0 Å². The van der Waals surface area contributed by atoms with Crippen molar-refractivity contribution < 1.29 is 4.74 Å². The van der Waals surface area contributed by atoms with Crippen LogP contribution in [0.3, 0.4) is 0 Å². The van der Waals surface area contributed by atoms with E-state index < -0.39 is 0 Å². The molecule has 1 aliphatic rings. The van der Waals surface area contributed by atoms with Gasteiger partial charge < -0.3 is 10.5 Å². The van der Waals surface area contributed by atoms with Gasteiger partial charge in [0, 0.05) is 22.3 Å². The Bertz CT molecular complexity index is 621.